The van der Waals surface area contributed by atoms with E-state index in [0.717, 1.165) is 21.4 Å². The van der Waals surface area contributed by atoms with Crippen LogP contribution < -0.4 is 4.74 Å². The van der Waals surface area contributed by atoms with Crippen LogP contribution in [-0.4, -0.2) is 7.11 Å². The summed E-state index contributed by atoms with van der Waals surface area (Å²) in [4.78, 5) is 0.926. The number of hydrogen-bond donors (Lipinski definition) is 1. The second-order valence-corrected chi connectivity index (χ2v) is 3.39. The summed E-state index contributed by atoms with van der Waals surface area (Å²) in [6.07, 6.45) is 0. The predicted octanol–water partition coefficient (Wildman–Crippen LogP) is 3.14. The van der Waals surface area contributed by atoms with Gasteiger partial charge in [-0.2, -0.15) is 0 Å². The van der Waals surface area contributed by atoms with Crippen LogP contribution in [0.3, 0.4) is 0 Å². The van der Waals surface area contributed by atoms with Crippen molar-refractivity contribution < 1.29 is 4.74 Å². The number of rotatable bonds is 1. The van der Waals surface area contributed by atoms with Gasteiger partial charge in [0, 0.05) is 10.3 Å². The summed E-state index contributed by atoms with van der Waals surface area (Å²) < 4.78 is 5.26. The number of benzene rings is 2. The van der Waals surface area contributed by atoms with Crippen LogP contribution in [0.1, 0.15) is 0 Å². The molecule has 13 heavy (non-hydrogen) atoms. The zero-order valence-electron chi connectivity index (χ0n) is 7.32. The summed E-state index contributed by atoms with van der Waals surface area (Å²) in [5.41, 5.74) is 0. The number of methoxy groups -OCH3 is 1. The number of thiol groups is 1. The monoisotopic (exact) mass is 190 g/mol. The summed E-state index contributed by atoms with van der Waals surface area (Å²) >= 11 is 4.30. The lowest BCUT2D eigenvalue weighted by atomic mass is 10.1. The van der Waals surface area contributed by atoms with Crippen LogP contribution in [0.15, 0.2) is 41.3 Å². The van der Waals surface area contributed by atoms with Crippen molar-refractivity contribution in [3.05, 3.63) is 36.4 Å². The van der Waals surface area contributed by atoms with Gasteiger partial charge in [-0.15, -0.1) is 12.6 Å². The largest absolute Gasteiger partial charge is 0.496 e. The first-order valence-electron chi connectivity index (χ1n) is 4.07. The molecule has 0 aliphatic heterocycles. The minimum atomic E-state index is 0.878. The molecule has 0 amide bonds. The third-order valence-corrected chi connectivity index (χ3v) is 2.29. The third kappa shape index (κ3) is 1.49. The molecule has 2 aromatic rings. The normalized spacial score (nSPS) is 10.3. The first-order chi connectivity index (χ1) is 6.31. The minimum absolute atomic E-state index is 0.878. The van der Waals surface area contributed by atoms with E-state index in [1.165, 1.54) is 0 Å². The molecule has 66 valence electrons. The second kappa shape index (κ2) is 3.30. The fourth-order valence-electron chi connectivity index (χ4n) is 1.43. The second-order valence-electron chi connectivity index (χ2n) is 2.87. The molecule has 1 nitrogen and oxygen atoms in total. The molecule has 2 aromatic carbocycles. The quantitative estimate of drug-likeness (QED) is 0.680. The maximum atomic E-state index is 5.26. The van der Waals surface area contributed by atoms with Crippen molar-refractivity contribution in [3.8, 4) is 5.75 Å². The van der Waals surface area contributed by atoms with Crippen molar-refractivity contribution in [2.24, 2.45) is 0 Å². The molecule has 0 heterocycles. The highest BCUT2D eigenvalue weighted by Gasteiger charge is 2.00. The van der Waals surface area contributed by atoms with Crippen molar-refractivity contribution in [2.45, 2.75) is 4.90 Å². The summed E-state index contributed by atoms with van der Waals surface area (Å²) in [6, 6.07) is 12.1. The molecule has 0 saturated carbocycles. The zero-order valence-corrected chi connectivity index (χ0v) is 8.21. The van der Waals surface area contributed by atoms with E-state index in [1.807, 2.05) is 30.3 Å². The Kier molecular flexibility index (Phi) is 2.15. The van der Waals surface area contributed by atoms with Crippen LogP contribution in [0.2, 0.25) is 0 Å². The van der Waals surface area contributed by atoms with Gasteiger partial charge >= 0.3 is 0 Å². The molecule has 0 aliphatic carbocycles. The Morgan fingerprint density at radius 1 is 1.15 bits per heavy atom. The first kappa shape index (κ1) is 8.45. The van der Waals surface area contributed by atoms with E-state index >= 15 is 0 Å². The Hall–Kier alpha value is -1.15. The molecule has 2 heteroatoms. The number of hydrogen-bond acceptors (Lipinski definition) is 2. The van der Waals surface area contributed by atoms with E-state index in [1.54, 1.807) is 7.11 Å². The third-order valence-electron chi connectivity index (χ3n) is 2.03. The molecule has 0 bridgehead atoms. The van der Waals surface area contributed by atoms with Gasteiger partial charge < -0.3 is 4.74 Å². The van der Waals surface area contributed by atoms with Gasteiger partial charge in [0.05, 0.1) is 7.11 Å². The summed E-state index contributed by atoms with van der Waals surface area (Å²) in [6.45, 7) is 0. The Morgan fingerprint density at radius 2 is 1.92 bits per heavy atom. The predicted molar refractivity (Wildman–Crippen MR) is 57.8 cm³/mol. The van der Waals surface area contributed by atoms with E-state index in [2.05, 4.69) is 18.7 Å². The van der Waals surface area contributed by atoms with E-state index in [0.29, 0.717) is 0 Å². The standard InChI is InChI=1S/C11H10OS/c1-12-11-7-9(13)6-8-4-2-3-5-10(8)11/h2-7,13H,1H3. The fourth-order valence-corrected chi connectivity index (χ4v) is 1.69. The molecule has 0 aromatic heterocycles. The maximum absolute atomic E-state index is 5.26. The van der Waals surface area contributed by atoms with Crippen molar-refractivity contribution in [2.75, 3.05) is 7.11 Å². The Bertz CT molecular complexity index is 437. The smallest absolute Gasteiger partial charge is 0.127 e. The van der Waals surface area contributed by atoms with Crippen molar-refractivity contribution in [1.29, 1.82) is 0 Å². The highest BCUT2D eigenvalue weighted by molar-refractivity contribution is 7.80. The van der Waals surface area contributed by atoms with Gasteiger partial charge in [0.25, 0.3) is 0 Å². The lowest BCUT2D eigenvalue weighted by Crippen LogP contribution is -1.84. The Balaban J connectivity index is 2.81. The van der Waals surface area contributed by atoms with Crippen molar-refractivity contribution in [1.82, 2.24) is 0 Å². The van der Waals surface area contributed by atoms with Crippen LogP contribution in [-0.2, 0) is 0 Å². The van der Waals surface area contributed by atoms with Crippen molar-refractivity contribution >= 4 is 23.4 Å². The van der Waals surface area contributed by atoms with Gasteiger partial charge in [-0.1, -0.05) is 24.3 Å². The van der Waals surface area contributed by atoms with Gasteiger partial charge in [0.15, 0.2) is 0 Å². The maximum Gasteiger partial charge on any atom is 0.127 e. The van der Waals surface area contributed by atoms with Crippen LogP contribution in [0.25, 0.3) is 10.8 Å². The molecular formula is C11H10OS. The lowest BCUT2D eigenvalue weighted by molar-refractivity contribution is 0.419. The molecule has 0 saturated heterocycles. The molecule has 0 fully saturated rings. The summed E-state index contributed by atoms with van der Waals surface area (Å²) in [5, 5.41) is 2.29. The minimum Gasteiger partial charge on any atom is -0.496 e. The SMILES string of the molecule is COc1cc(S)cc2ccccc12. The van der Waals surface area contributed by atoms with E-state index < -0.39 is 0 Å². The van der Waals surface area contributed by atoms with Crippen molar-refractivity contribution in [3.63, 3.8) is 0 Å². The van der Waals surface area contributed by atoms with Crippen LogP contribution in [0.4, 0.5) is 0 Å². The van der Waals surface area contributed by atoms with Crippen LogP contribution in [0, 0.1) is 0 Å². The molecule has 2 rings (SSSR count). The Morgan fingerprint density at radius 3 is 2.69 bits per heavy atom. The zero-order chi connectivity index (χ0) is 9.26. The molecular weight excluding hydrogens is 180 g/mol. The van der Waals surface area contributed by atoms with Gasteiger partial charge in [-0.3, -0.25) is 0 Å². The van der Waals surface area contributed by atoms with Crippen LogP contribution in [0.5, 0.6) is 5.75 Å². The Labute approximate surface area is 82.7 Å². The number of fused-ring (bicyclic) bond motifs is 1. The molecule has 0 N–H and O–H groups in total. The van der Waals surface area contributed by atoms with E-state index in [-0.39, 0.29) is 0 Å². The average molecular weight is 190 g/mol. The molecule has 0 atom stereocenters. The van der Waals surface area contributed by atoms with E-state index in [9.17, 15) is 0 Å². The molecule has 0 spiro atoms. The lowest BCUT2D eigenvalue weighted by Gasteiger charge is -2.05. The van der Waals surface area contributed by atoms with Crippen LogP contribution >= 0.6 is 12.6 Å². The molecule has 0 unspecified atom stereocenters. The highest BCUT2D eigenvalue weighted by atomic mass is 32.1. The summed E-state index contributed by atoms with van der Waals surface area (Å²) in [5.74, 6) is 0.878. The van der Waals surface area contributed by atoms with Gasteiger partial charge in [0.2, 0.25) is 0 Å². The summed E-state index contributed by atoms with van der Waals surface area (Å²) in [7, 11) is 1.68. The average Bonchev–Trinajstić information content (AvgIpc) is 2.16. The molecule has 0 aliphatic rings. The fraction of sp³-hybridized carbons (Fsp3) is 0.0909. The van der Waals surface area contributed by atoms with Gasteiger partial charge in [-0.05, 0) is 17.5 Å². The molecule has 0 radical (unpaired) electrons. The van der Waals surface area contributed by atoms with Gasteiger partial charge in [-0.25, -0.2) is 0 Å². The first-order valence-corrected chi connectivity index (χ1v) is 4.52. The number of ether oxygens (including phenoxy) is 1. The highest BCUT2D eigenvalue weighted by Crippen LogP contribution is 2.28. The van der Waals surface area contributed by atoms with Gasteiger partial charge in [0.1, 0.15) is 5.75 Å². The van der Waals surface area contributed by atoms with E-state index in [4.69, 9.17) is 4.74 Å². The topological polar surface area (TPSA) is 9.23 Å².